The van der Waals surface area contributed by atoms with E-state index in [4.69, 9.17) is 4.84 Å². The van der Waals surface area contributed by atoms with E-state index < -0.39 is 11.4 Å². The van der Waals surface area contributed by atoms with Crippen molar-refractivity contribution in [2.45, 2.75) is 44.9 Å². The van der Waals surface area contributed by atoms with Crippen molar-refractivity contribution < 1.29 is 19.5 Å². The van der Waals surface area contributed by atoms with E-state index in [0.717, 1.165) is 25.7 Å². The topological polar surface area (TPSA) is 66.8 Å². The van der Waals surface area contributed by atoms with E-state index >= 15 is 0 Å². The summed E-state index contributed by atoms with van der Waals surface area (Å²) in [6.07, 6.45) is 5.03. The molecular formula is C12H19NO4. The van der Waals surface area contributed by atoms with Crippen molar-refractivity contribution in [2.24, 2.45) is 5.41 Å². The molecule has 1 saturated carbocycles. The summed E-state index contributed by atoms with van der Waals surface area (Å²) in [5, 5.41) is 10.7. The number of hydrogen-bond donors (Lipinski definition) is 1. The van der Waals surface area contributed by atoms with Crippen molar-refractivity contribution in [1.82, 2.24) is 5.06 Å². The lowest BCUT2D eigenvalue weighted by atomic mass is 9.71. The first-order valence-electron chi connectivity index (χ1n) is 6.31. The first-order chi connectivity index (χ1) is 8.14. The zero-order chi connectivity index (χ0) is 12.3. The van der Waals surface area contributed by atoms with Crippen LogP contribution < -0.4 is 0 Å². The number of amides is 1. The molecule has 1 aliphatic carbocycles. The van der Waals surface area contributed by atoms with E-state index in [1.54, 1.807) is 0 Å². The van der Waals surface area contributed by atoms with E-state index in [-0.39, 0.29) is 12.3 Å². The molecule has 1 saturated heterocycles. The molecule has 2 fully saturated rings. The molecule has 0 unspecified atom stereocenters. The van der Waals surface area contributed by atoms with E-state index in [2.05, 4.69) is 0 Å². The van der Waals surface area contributed by atoms with E-state index in [0.29, 0.717) is 26.0 Å². The fourth-order valence-electron chi connectivity index (χ4n) is 2.72. The average Bonchev–Trinajstić information content (AvgIpc) is 2.83. The van der Waals surface area contributed by atoms with Crippen LogP contribution in [-0.4, -0.2) is 35.2 Å². The fourth-order valence-corrected chi connectivity index (χ4v) is 2.72. The molecule has 1 aliphatic heterocycles. The minimum absolute atomic E-state index is 0.0856. The summed E-state index contributed by atoms with van der Waals surface area (Å²) in [4.78, 5) is 28.5. The molecule has 17 heavy (non-hydrogen) atoms. The van der Waals surface area contributed by atoms with Crippen LogP contribution in [0.15, 0.2) is 0 Å². The fraction of sp³-hybridized carbons (Fsp3) is 0.833. The number of carbonyl (C=O) groups excluding carboxylic acids is 1. The van der Waals surface area contributed by atoms with Gasteiger partial charge in [-0.1, -0.05) is 19.3 Å². The lowest BCUT2D eigenvalue weighted by Crippen LogP contribution is -2.39. The van der Waals surface area contributed by atoms with Crippen molar-refractivity contribution >= 4 is 11.9 Å². The molecule has 2 aliphatic rings. The van der Waals surface area contributed by atoms with Crippen molar-refractivity contribution in [2.75, 3.05) is 13.2 Å². The lowest BCUT2D eigenvalue weighted by molar-refractivity contribution is -0.176. The largest absolute Gasteiger partial charge is 0.481 e. The molecule has 0 aromatic carbocycles. The predicted molar refractivity (Wildman–Crippen MR) is 60.1 cm³/mol. The maximum Gasteiger partial charge on any atom is 0.310 e. The van der Waals surface area contributed by atoms with Gasteiger partial charge in [-0.15, -0.1) is 0 Å². The molecule has 0 atom stereocenters. The monoisotopic (exact) mass is 241 g/mol. The minimum atomic E-state index is -0.846. The molecule has 1 amide bonds. The number of carbonyl (C=O) groups is 2. The third-order valence-corrected chi connectivity index (χ3v) is 3.78. The quantitative estimate of drug-likeness (QED) is 0.814. The van der Waals surface area contributed by atoms with Crippen molar-refractivity contribution in [3.63, 3.8) is 0 Å². The maximum absolute atomic E-state index is 12.0. The van der Waals surface area contributed by atoms with Gasteiger partial charge in [0.05, 0.1) is 18.6 Å². The van der Waals surface area contributed by atoms with Gasteiger partial charge in [-0.05, 0) is 19.3 Å². The number of carboxylic acids is 1. The molecule has 5 heteroatoms. The van der Waals surface area contributed by atoms with Crippen molar-refractivity contribution in [1.29, 1.82) is 0 Å². The van der Waals surface area contributed by atoms with Gasteiger partial charge < -0.3 is 5.11 Å². The SMILES string of the molecule is O=C(CC1(C(=O)O)CCCCC1)N1CCCO1. The third-order valence-electron chi connectivity index (χ3n) is 3.78. The Morgan fingerprint density at radius 2 is 1.88 bits per heavy atom. The Balaban J connectivity index is 2.01. The molecule has 2 rings (SSSR count). The summed E-state index contributed by atoms with van der Waals surface area (Å²) < 4.78 is 0. The highest BCUT2D eigenvalue weighted by Crippen LogP contribution is 2.40. The molecule has 0 aromatic heterocycles. The number of carboxylic acid groups (broad SMARTS) is 1. The summed E-state index contributed by atoms with van der Waals surface area (Å²) in [5.41, 5.74) is -0.846. The molecule has 0 aromatic rings. The Bertz CT molecular complexity index is 304. The standard InChI is InChI=1S/C12H19NO4/c14-10(13-7-4-8-17-13)9-12(11(15)16)5-2-1-3-6-12/h1-9H2,(H,15,16). The maximum atomic E-state index is 12.0. The lowest BCUT2D eigenvalue weighted by Gasteiger charge is -2.33. The van der Waals surface area contributed by atoms with Gasteiger partial charge in [0.2, 0.25) is 5.91 Å². The van der Waals surface area contributed by atoms with Crippen LogP contribution in [0.3, 0.4) is 0 Å². The van der Waals surface area contributed by atoms with Gasteiger partial charge in [-0.2, -0.15) is 0 Å². The van der Waals surface area contributed by atoms with Crippen molar-refractivity contribution in [3.05, 3.63) is 0 Å². The van der Waals surface area contributed by atoms with Crippen molar-refractivity contribution in [3.8, 4) is 0 Å². The number of hydroxylamine groups is 2. The molecule has 1 N–H and O–H groups in total. The summed E-state index contributed by atoms with van der Waals surface area (Å²) in [6, 6.07) is 0. The summed E-state index contributed by atoms with van der Waals surface area (Å²) in [7, 11) is 0. The second-order valence-electron chi connectivity index (χ2n) is 5.01. The van der Waals surface area contributed by atoms with E-state index in [1.165, 1.54) is 5.06 Å². The first-order valence-corrected chi connectivity index (χ1v) is 6.31. The number of hydrogen-bond acceptors (Lipinski definition) is 3. The summed E-state index contributed by atoms with van der Waals surface area (Å²) in [6.45, 7) is 1.15. The van der Waals surface area contributed by atoms with Crippen LogP contribution in [0.1, 0.15) is 44.9 Å². The highest BCUT2D eigenvalue weighted by atomic mass is 16.7. The number of rotatable bonds is 3. The number of nitrogens with zero attached hydrogens (tertiary/aromatic N) is 1. The zero-order valence-electron chi connectivity index (χ0n) is 9.98. The van der Waals surface area contributed by atoms with Gasteiger partial charge in [0.1, 0.15) is 0 Å². The highest BCUT2D eigenvalue weighted by molar-refractivity contribution is 5.84. The van der Waals surface area contributed by atoms with Gasteiger partial charge in [-0.25, -0.2) is 5.06 Å². The van der Waals surface area contributed by atoms with Gasteiger partial charge >= 0.3 is 5.97 Å². The normalized spacial score (nSPS) is 23.6. The molecule has 1 heterocycles. The Morgan fingerprint density at radius 1 is 1.18 bits per heavy atom. The third kappa shape index (κ3) is 2.60. The second kappa shape index (κ2) is 5.04. The van der Waals surface area contributed by atoms with Crippen LogP contribution in [0, 0.1) is 5.41 Å². The van der Waals surface area contributed by atoms with Gasteiger partial charge in [-0.3, -0.25) is 14.4 Å². The summed E-state index contributed by atoms with van der Waals surface area (Å²) >= 11 is 0. The summed E-state index contributed by atoms with van der Waals surface area (Å²) in [5.74, 6) is -1.00. The van der Waals surface area contributed by atoms with Gasteiger partial charge in [0.15, 0.2) is 0 Å². The van der Waals surface area contributed by atoms with E-state index in [9.17, 15) is 14.7 Å². The molecule has 5 nitrogen and oxygen atoms in total. The Labute approximate surface area is 101 Å². The van der Waals surface area contributed by atoms with Crippen LogP contribution in [0.25, 0.3) is 0 Å². The molecule has 0 bridgehead atoms. The van der Waals surface area contributed by atoms with Crippen LogP contribution in [-0.2, 0) is 14.4 Å². The van der Waals surface area contributed by atoms with Crippen LogP contribution in [0.4, 0.5) is 0 Å². The average molecular weight is 241 g/mol. The van der Waals surface area contributed by atoms with Gasteiger partial charge in [0.25, 0.3) is 0 Å². The Morgan fingerprint density at radius 3 is 2.41 bits per heavy atom. The van der Waals surface area contributed by atoms with Gasteiger partial charge in [0, 0.05) is 6.42 Å². The smallest absolute Gasteiger partial charge is 0.310 e. The zero-order valence-corrected chi connectivity index (χ0v) is 9.98. The van der Waals surface area contributed by atoms with Crippen LogP contribution in [0.2, 0.25) is 0 Å². The van der Waals surface area contributed by atoms with E-state index in [1.807, 2.05) is 0 Å². The van der Waals surface area contributed by atoms with Crippen LogP contribution >= 0.6 is 0 Å². The van der Waals surface area contributed by atoms with Crippen LogP contribution in [0.5, 0.6) is 0 Å². The first kappa shape index (κ1) is 12.4. The molecule has 0 spiro atoms. The molecule has 0 radical (unpaired) electrons. The number of aliphatic carboxylic acids is 1. The Hall–Kier alpha value is -1.10. The Kier molecular flexibility index (Phi) is 3.66. The predicted octanol–water partition coefficient (Wildman–Crippen LogP) is 1.58. The molecular weight excluding hydrogens is 222 g/mol. The highest BCUT2D eigenvalue weighted by Gasteiger charge is 2.42. The minimum Gasteiger partial charge on any atom is -0.481 e. The molecule has 96 valence electrons. The second-order valence-corrected chi connectivity index (χ2v) is 5.01.